The minimum Gasteiger partial charge on any atom is -0.466 e. The van der Waals surface area contributed by atoms with Crippen LogP contribution in [0.25, 0.3) is 0 Å². The molecule has 2 N–H and O–H groups in total. The Bertz CT molecular complexity index is 1020. The van der Waals surface area contributed by atoms with Crippen LogP contribution in [0.5, 0.6) is 0 Å². The van der Waals surface area contributed by atoms with Crippen molar-refractivity contribution in [2.24, 2.45) is 5.73 Å². The first-order chi connectivity index (χ1) is 14.2. The number of hydrogen-bond donors (Lipinski definition) is 1. The van der Waals surface area contributed by atoms with Crippen LogP contribution in [-0.2, 0) is 23.9 Å². The lowest BCUT2D eigenvalue weighted by Crippen LogP contribution is -2.40. The van der Waals surface area contributed by atoms with Crippen LogP contribution in [0.3, 0.4) is 0 Å². The number of methoxy groups -OCH3 is 1. The molecule has 1 aromatic rings. The summed E-state index contributed by atoms with van der Waals surface area (Å²) in [5.74, 6) is -3.28. The van der Waals surface area contributed by atoms with Crippen molar-refractivity contribution in [1.82, 2.24) is 4.90 Å². The van der Waals surface area contributed by atoms with E-state index in [0.717, 1.165) is 16.7 Å². The second-order valence-corrected chi connectivity index (χ2v) is 7.78. The van der Waals surface area contributed by atoms with Gasteiger partial charge in [0.05, 0.1) is 46.0 Å². The Kier molecular flexibility index (Phi) is 5.83. The Labute approximate surface area is 175 Å². The van der Waals surface area contributed by atoms with E-state index in [0.29, 0.717) is 0 Å². The van der Waals surface area contributed by atoms with Gasteiger partial charge >= 0.3 is 11.9 Å². The van der Waals surface area contributed by atoms with E-state index in [1.807, 2.05) is 0 Å². The van der Waals surface area contributed by atoms with E-state index in [-0.39, 0.29) is 39.9 Å². The number of carbonyl (C=O) groups excluding carboxylic acids is 3. The fourth-order valence-electron chi connectivity index (χ4n) is 3.40. The fraction of sp³-hybridized carbons (Fsp3) is 0.316. The first kappa shape index (κ1) is 21.4. The van der Waals surface area contributed by atoms with E-state index in [1.165, 1.54) is 31.4 Å². The molecule has 1 saturated heterocycles. The monoisotopic (exact) mass is 433 g/mol. The van der Waals surface area contributed by atoms with Gasteiger partial charge in [-0.05, 0) is 19.4 Å². The normalized spacial score (nSPS) is 20.9. The number of fused-ring (bicyclic) bond motifs is 1. The van der Waals surface area contributed by atoms with Crippen LogP contribution in [0, 0.1) is 10.1 Å². The number of ether oxygens (including phenoxy) is 2. The Morgan fingerprint density at radius 3 is 2.60 bits per heavy atom. The van der Waals surface area contributed by atoms with Crippen molar-refractivity contribution in [3.8, 4) is 0 Å². The van der Waals surface area contributed by atoms with Crippen LogP contribution in [0.15, 0.2) is 46.3 Å². The molecule has 0 saturated carbocycles. The van der Waals surface area contributed by atoms with E-state index in [9.17, 15) is 24.5 Å². The third kappa shape index (κ3) is 3.41. The summed E-state index contributed by atoms with van der Waals surface area (Å²) in [6.07, 6.45) is 0. The maximum Gasteiger partial charge on any atom is 0.338 e. The summed E-state index contributed by atoms with van der Waals surface area (Å²) in [5, 5.41) is 11.0. The van der Waals surface area contributed by atoms with Crippen molar-refractivity contribution in [2.75, 3.05) is 13.7 Å². The zero-order valence-corrected chi connectivity index (χ0v) is 17.2. The molecule has 0 aromatic heterocycles. The second-order valence-electron chi connectivity index (χ2n) is 6.45. The predicted molar refractivity (Wildman–Crippen MR) is 107 cm³/mol. The van der Waals surface area contributed by atoms with E-state index in [1.54, 1.807) is 13.8 Å². The highest BCUT2D eigenvalue weighted by molar-refractivity contribution is 8.04. The average Bonchev–Trinajstić information content (AvgIpc) is 3.02. The predicted octanol–water partition coefficient (Wildman–Crippen LogP) is 1.77. The zero-order valence-electron chi connectivity index (χ0n) is 16.4. The molecule has 0 radical (unpaired) electrons. The van der Waals surface area contributed by atoms with E-state index >= 15 is 0 Å². The van der Waals surface area contributed by atoms with Gasteiger partial charge in [-0.3, -0.25) is 19.8 Å². The molecule has 0 unspecified atom stereocenters. The molecule has 1 fully saturated rings. The van der Waals surface area contributed by atoms with Crippen molar-refractivity contribution in [2.45, 2.75) is 25.0 Å². The number of nitro groups is 1. The van der Waals surface area contributed by atoms with Crippen molar-refractivity contribution < 1.29 is 28.8 Å². The highest BCUT2D eigenvalue weighted by Crippen LogP contribution is 2.50. The topological polar surface area (TPSA) is 142 Å². The van der Waals surface area contributed by atoms with Crippen molar-refractivity contribution in [1.29, 1.82) is 0 Å². The summed E-state index contributed by atoms with van der Waals surface area (Å²) >= 11 is 1.10. The SMILES string of the molecule is CCOC(=O)C1=C(N)N2C(=O)[C@H](C)SC2=C(C(=O)OC)[C@@H]1c1cccc([N+](=O)[O-])c1. The van der Waals surface area contributed by atoms with Crippen LogP contribution in [0.4, 0.5) is 5.69 Å². The van der Waals surface area contributed by atoms with Gasteiger partial charge in [0.25, 0.3) is 5.69 Å². The molecule has 2 aliphatic rings. The molecule has 0 aliphatic carbocycles. The second kappa shape index (κ2) is 8.19. The van der Waals surface area contributed by atoms with Crippen molar-refractivity contribution in [3.05, 3.63) is 61.9 Å². The van der Waals surface area contributed by atoms with Gasteiger partial charge in [-0.25, -0.2) is 9.59 Å². The van der Waals surface area contributed by atoms with Gasteiger partial charge in [0.1, 0.15) is 5.82 Å². The van der Waals surface area contributed by atoms with Crippen LogP contribution >= 0.6 is 11.8 Å². The lowest BCUT2D eigenvalue weighted by molar-refractivity contribution is -0.384. The summed E-state index contributed by atoms with van der Waals surface area (Å²) < 4.78 is 10.0. The molecule has 2 atom stereocenters. The Morgan fingerprint density at radius 1 is 1.30 bits per heavy atom. The number of nitrogens with two attached hydrogens (primary N) is 1. The van der Waals surface area contributed by atoms with E-state index in [2.05, 4.69) is 0 Å². The average molecular weight is 433 g/mol. The number of nitro benzene ring substituents is 1. The van der Waals surface area contributed by atoms with Gasteiger partial charge in [-0.2, -0.15) is 0 Å². The molecule has 3 rings (SSSR count). The Hall–Kier alpha value is -3.34. The van der Waals surface area contributed by atoms with Crippen LogP contribution in [0.2, 0.25) is 0 Å². The number of benzene rings is 1. The Balaban J connectivity index is 2.33. The van der Waals surface area contributed by atoms with Gasteiger partial charge in [0.15, 0.2) is 0 Å². The summed E-state index contributed by atoms with van der Waals surface area (Å²) in [7, 11) is 1.17. The minimum atomic E-state index is -1.10. The minimum absolute atomic E-state index is 0.00190. The van der Waals surface area contributed by atoms with Gasteiger partial charge in [-0.15, -0.1) is 0 Å². The smallest absolute Gasteiger partial charge is 0.338 e. The quantitative estimate of drug-likeness (QED) is 0.417. The number of rotatable bonds is 5. The summed E-state index contributed by atoms with van der Waals surface area (Å²) in [4.78, 5) is 50.1. The van der Waals surface area contributed by atoms with Gasteiger partial charge in [0, 0.05) is 12.1 Å². The highest BCUT2D eigenvalue weighted by Gasteiger charge is 2.49. The van der Waals surface area contributed by atoms with E-state index in [4.69, 9.17) is 15.2 Å². The molecular weight excluding hydrogens is 414 g/mol. The molecule has 2 heterocycles. The zero-order chi connectivity index (χ0) is 22.2. The third-order valence-corrected chi connectivity index (χ3v) is 5.88. The first-order valence-corrected chi connectivity index (χ1v) is 9.85. The molecule has 0 spiro atoms. The molecular formula is C19H19N3O7S. The number of hydrogen-bond acceptors (Lipinski definition) is 9. The maximum atomic E-state index is 12.8. The standard InChI is InChI=1S/C19H19N3O7S/c1-4-29-19(25)13-12(10-6-5-7-11(8-10)22(26)27)14(18(24)28-3)17-21(15(13)20)16(23)9(2)30-17/h5-9,12H,4,20H2,1-3H3/t9-,12+/m0/s1. The fourth-order valence-corrected chi connectivity index (χ4v) is 4.56. The lowest BCUT2D eigenvalue weighted by atomic mass is 9.82. The number of non-ortho nitro benzene ring substituents is 1. The molecule has 0 bridgehead atoms. The molecule has 158 valence electrons. The Morgan fingerprint density at radius 2 is 2.00 bits per heavy atom. The van der Waals surface area contributed by atoms with Crippen LogP contribution in [0.1, 0.15) is 25.3 Å². The summed E-state index contributed by atoms with van der Waals surface area (Å²) in [6, 6.07) is 5.51. The van der Waals surface area contributed by atoms with E-state index < -0.39 is 33.9 Å². The van der Waals surface area contributed by atoms with Crippen LogP contribution < -0.4 is 5.73 Å². The lowest BCUT2D eigenvalue weighted by Gasteiger charge is -2.32. The number of nitrogens with zero attached hydrogens (tertiary/aromatic N) is 2. The summed E-state index contributed by atoms with van der Waals surface area (Å²) in [6.45, 7) is 3.27. The number of esters is 2. The number of thioether (sulfide) groups is 1. The molecule has 2 aliphatic heterocycles. The third-order valence-electron chi connectivity index (χ3n) is 4.70. The largest absolute Gasteiger partial charge is 0.466 e. The molecule has 11 heteroatoms. The number of carbonyl (C=O) groups is 3. The molecule has 1 aromatic carbocycles. The van der Waals surface area contributed by atoms with Gasteiger partial charge in [0.2, 0.25) is 5.91 Å². The van der Waals surface area contributed by atoms with Gasteiger partial charge in [-0.1, -0.05) is 23.9 Å². The maximum absolute atomic E-state index is 12.8. The summed E-state index contributed by atoms with van der Waals surface area (Å²) in [5.41, 5.74) is 6.12. The van der Waals surface area contributed by atoms with Crippen molar-refractivity contribution in [3.63, 3.8) is 0 Å². The molecule has 10 nitrogen and oxygen atoms in total. The first-order valence-electron chi connectivity index (χ1n) is 8.97. The molecule has 30 heavy (non-hydrogen) atoms. The highest BCUT2D eigenvalue weighted by atomic mass is 32.2. The van der Waals surface area contributed by atoms with Crippen molar-refractivity contribution >= 4 is 35.3 Å². The van der Waals surface area contributed by atoms with Gasteiger partial charge < -0.3 is 15.2 Å². The number of amides is 1. The molecule has 1 amide bonds. The van der Waals surface area contributed by atoms with Crippen LogP contribution in [-0.4, -0.2) is 46.6 Å².